The maximum absolute atomic E-state index is 6.01. The van der Waals surface area contributed by atoms with E-state index >= 15 is 0 Å². The van der Waals surface area contributed by atoms with Crippen LogP contribution in [0.3, 0.4) is 0 Å². The Hall–Kier alpha value is -1.86. The zero-order valence-electron chi connectivity index (χ0n) is 15.7. The Balaban J connectivity index is 1.64. The predicted molar refractivity (Wildman–Crippen MR) is 95.5 cm³/mol. The van der Waals surface area contributed by atoms with Gasteiger partial charge in [-0.25, -0.2) is 4.68 Å². The SMILES string of the molecule is CCc1nn(C)c(OC)c1CNC[C@@H]1CCO[C@H]1c1ccnn1CC. The molecule has 25 heavy (non-hydrogen) atoms. The maximum atomic E-state index is 6.01. The quantitative estimate of drug-likeness (QED) is 0.792. The van der Waals surface area contributed by atoms with Crippen molar-refractivity contribution >= 4 is 0 Å². The first kappa shape index (κ1) is 17.9. The molecule has 0 saturated carbocycles. The van der Waals surface area contributed by atoms with Crippen LogP contribution in [-0.4, -0.2) is 39.8 Å². The smallest absolute Gasteiger partial charge is 0.216 e. The summed E-state index contributed by atoms with van der Waals surface area (Å²) in [4.78, 5) is 0. The van der Waals surface area contributed by atoms with Crippen LogP contribution in [0.1, 0.15) is 43.3 Å². The minimum Gasteiger partial charge on any atom is -0.481 e. The van der Waals surface area contributed by atoms with Crippen molar-refractivity contribution in [2.24, 2.45) is 13.0 Å². The highest BCUT2D eigenvalue weighted by Gasteiger charge is 2.31. The zero-order valence-corrected chi connectivity index (χ0v) is 15.7. The van der Waals surface area contributed by atoms with Gasteiger partial charge in [-0.3, -0.25) is 4.68 Å². The van der Waals surface area contributed by atoms with Gasteiger partial charge >= 0.3 is 0 Å². The summed E-state index contributed by atoms with van der Waals surface area (Å²) in [6.45, 7) is 7.58. The van der Waals surface area contributed by atoms with Crippen LogP contribution < -0.4 is 10.1 Å². The number of ether oxygens (including phenoxy) is 2. The van der Waals surface area contributed by atoms with Gasteiger partial charge in [0.1, 0.15) is 6.10 Å². The van der Waals surface area contributed by atoms with E-state index in [2.05, 4.69) is 35.4 Å². The normalized spacial score (nSPS) is 20.3. The van der Waals surface area contributed by atoms with Gasteiger partial charge in [-0.2, -0.15) is 10.2 Å². The van der Waals surface area contributed by atoms with Crippen molar-refractivity contribution in [3.05, 3.63) is 29.2 Å². The van der Waals surface area contributed by atoms with Crippen molar-refractivity contribution < 1.29 is 9.47 Å². The van der Waals surface area contributed by atoms with E-state index < -0.39 is 0 Å². The molecule has 7 nitrogen and oxygen atoms in total. The summed E-state index contributed by atoms with van der Waals surface area (Å²) in [6.07, 6.45) is 3.95. The monoisotopic (exact) mass is 347 g/mol. The molecule has 1 fully saturated rings. The van der Waals surface area contributed by atoms with E-state index in [4.69, 9.17) is 9.47 Å². The molecule has 7 heteroatoms. The summed E-state index contributed by atoms with van der Waals surface area (Å²) in [6, 6.07) is 2.08. The molecule has 0 spiro atoms. The summed E-state index contributed by atoms with van der Waals surface area (Å²) in [5, 5.41) is 12.5. The third-order valence-electron chi connectivity index (χ3n) is 4.96. The lowest BCUT2D eigenvalue weighted by molar-refractivity contribution is 0.0830. The van der Waals surface area contributed by atoms with Crippen molar-refractivity contribution in [3.63, 3.8) is 0 Å². The summed E-state index contributed by atoms with van der Waals surface area (Å²) in [7, 11) is 3.63. The topological polar surface area (TPSA) is 66.1 Å². The Kier molecular flexibility index (Phi) is 5.75. The van der Waals surface area contributed by atoms with Crippen LogP contribution in [0.15, 0.2) is 12.3 Å². The van der Waals surface area contributed by atoms with Crippen LogP contribution in [0, 0.1) is 5.92 Å². The maximum Gasteiger partial charge on any atom is 0.216 e. The van der Waals surface area contributed by atoms with E-state index in [1.165, 1.54) is 5.69 Å². The number of rotatable bonds is 8. The zero-order chi connectivity index (χ0) is 17.8. The molecule has 1 saturated heterocycles. The molecule has 2 aromatic heterocycles. The van der Waals surface area contributed by atoms with Crippen molar-refractivity contribution in [1.29, 1.82) is 0 Å². The van der Waals surface area contributed by atoms with Crippen LogP contribution in [0.4, 0.5) is 0 Å². The number of hydrogen-bond acceptors (Lipinski definition) is 5. The lowest BCUT2D eigenvalue weighted by Crippen LogP contribution is -2.26. The van der Waals surface area contributed by atoms with Crippen molar-refractivity contribution in [2.45, 2.75) is 45.9 Å². The van der Waals surface area contributed by atoms with E-state index in [1.54, 1.807) is 7.11 Å². The molecule has 2 aromatic rings. The Morgan fingerprint density at radius 3 is 2.96 bits per heavy atom. The highest BCUT2D eigenvalue weighted by Crippen LogP contribution is 2.34. The molecule has 0 amide bonds. The van der Waals surface area contributed by atoms with Gasteiger partial charge in [0, 0.05) is 45.4 Å². The van der Waals surface area contributed by atoms with E-state index in [-0.39, 0.29) is 6.10 Å². The molecule has 1 aliphatic heterocycles. The molecule has 138 valence electrons. The molecular weight excluding hydrogens is 318 g/mol. The predicted octanol–water partition coefficient (Wildman–Crippen LogP) is 2.07. The summed E-state index contributed by atoms with van der Waals surface area (Å²) < 4.78 is 15.4. The summed E-state index contributed by atoms with van der Waals surface area (Å²) >= 11 is 0. The van der Waals surface area contributed by atoms with Gasteiger partial charge in [-0.05, 0) is 25.8 Å². The lowest BCUT2D eigenvalue weighted by atomic mass is 9.98. The van der Waals surface area contributed by atoms with Crippen molar-refractivity contribution in [2.75, 3.05) is 20.3 Å². The van der Waals surface area contributed by atoms with Gasteiger partial charge in [0.2, 0.25) is 5.88 Å². The molecule has 0 radical (unpaired) electrons. The molecule has 2 atom stereocenters. The number of hydrogen-bond donors (Lipinski definition) is 1. The van der Waals surface area contributed by atoms with Gasteiger partial charge in [-0.1, -0.05) is 6.92 Å². The third-order valence-corrected chi connectivity index (χ3v) is 4.96. The second-order valence-electron chi connectivity index (χ2n) is 6.45. The minimum atomic E-state index is 0.122. The van der Waals surface area contributed by atoms with Crippen LogP contribution in [0.25, 0.3) is 0 Å². The van der Waals surface area contributed by atoms with E-state index in [1.807, 2.05) is 22.6 Å². The average Bonchev–Trinajstić information content (AvgIpc) is 3.32. The largest absolute Gasteiger partial charge is 0.481 e. The fourth-order valence-corrected chi connectivity index (χ4v) is 3.72. The van der Waals surface area contributed by atoms with Crippen LogP contribution in [0.2, 0.25) is 0 Å². The highest BCUT2D eigenvalue weighted by molar-refractivity contribution is 5.31. The average molecular weight is 347 g/mol. The first-order valence-corrected chi connectivity index (χ1v) is 9.12. The summed E-state index contributed by atoms with van der Waals surface area (Å²) in [5.74, 6) is 1.29. The molecule has 1 aliphatic rings. The van der Waals surface area contributed by atoms with Gasteiger partial charge in [0.25, 0.3) is 0 Å². The minimum absolute atomic E-state index is 0.122. The molecule has 3 rings (SSSR count). The van der Waals surface area contributed by atoms with Gasteiger partial charge < -0.3 is 14.8 Å². The Labute approximate surface area is 149 Å². The van der Waals surface area contributed by atoms with Gasteiger partial charge in [0.05, 0.1) is 24.1 Å². The summed E-state index contributed by atoms with van der Waals surface area (Å²) in [5.41, 5.74) is 3.43. The molecule has 0 bridgehead atoms. The molecule has 0 unspecified atom stereocenters. The lowest BCUT2D eigenvalue weighted by Gasteiger charge is -2.20. The number of aryl methyl sites for hydroxylation is 3. The van der Waals surface area contributed by atoms with Crippen molar-refractivity contribution in [3.8, 4) is 5.88 Å². The Morgan fingerprint density at radius 2 is 2.24 bits per heavy atom. The number of aromatic nitrogens is 4. The fourth-order valence-electron chi connectivity index (χ4n) is 3.72. The molecular formula is C18H29N5O2. The molecule has 1 N–H and O–H groups in total. The van der Waals surface area contributed by atoms with E-state index in [0.717, 1.165) is 56.2 Å². The third kappa shape index (κ3) is 3.57. The van der Waals surface area contributed by atoms with Crippen LogP contribution in [0.5, 0.6) is 5.88 Å². The van der Waals surface area contributed by atoms with Crippen molar-refractivity contribution in [1.82, 2.24) is 24.9 Å². The first-order chi connectivity index (χ1) is 12.2. The second-order valence-corrected chi connectivity index (χ2v) is 6.45. The Morgan fingerprint density at radius 1 is 1.40 bits per heavy atom. The number of nitrogens with one attached hydrogen (secondary N) is 1. The highest BCUT2D eigenvalue weighted by atomic mass is 16.5. The van der Waals surface area contributed by atoms with Gasteiger partial charge in [-0.15, -0.1) is 0 Å². The first-order valence-electron chi connectivity index (χ1n) is 9.12. The van der Waals surface area contributed by atoms with Crippen LogP contribution in [-0.2, 0) is 31.3 Å². The van der Waals surface area contributed by atoms with E-state index in [9.17, 15) is 0 Å². The fraction of sp³-hybridized carbons (Fsp3) is 0.667. The second kappa shape index (κ2) is 8.01. The standard InChI is InChI=1S/C18H29N5O2/c1-5-15-14(18(24-4)22(3)21-15)12-19-11-13-8-10-25-17(13)16-7-9-20-23(16)6-2/h7,9,13,17,19H,5-6,8,10-12H2,1-4H3/t13-,17+/m0/s1. The molecule has 0 aromatic carbocycles. The molecule has 0 aliphatic carbocycles. The Bertz CT molecular complexity index is 694. The van der Waals surface area contributed by atoms with Crippen LogP contribution >= 0.6 is 0 Å². The van der Waals surface area contributed by atoms with Gasteiger partial charge in [0.15, 0.2) is 0 Å². The molecule has 3 heterocycles. The number of methoxy groups -OCH3 is 1. The number of nitrogens with zero attached hydrogens (tertiary/aromatic N) is 4. The van der Waals surface area contributed by atoms with E-state index in [0.29, 0.717) is 5.92 Å².